The molecular weight excluding hydrogens is 348 g/mol. The van der Waals surface area contributed by atoms with E-state index in [2.05, 4.69) is 0 Å². The third-order valence-corrected chi connectivity index (χ3v) is 3.88. The van der Waals surface area contributed by atoms with E-state index in [9.17, 15) is 15.0 Å². The van der Waals surface area contributed by atoms with Crippen LogP contribution in [-0.2, 0) is 32.2 Å². The Kier molecular flexibility index (Phi) is 8.94. The summed E-state index contributed by atoms with van der Waals surface area (Å²) in [6, 6.07) is 19.1. The second-order valence-corrected chi connectivity index (χ2v) is 6.02. The maximum absolute atomic E-state index is 11.6. The van der Waals surface area contributed by atoms with Gasteiger partial charge in [0.25, 0.3) is 0 Å². The Balaban J connectivity index is 1.95. The molecule has 146 valence electrons. The van der Waals surface area contributed by atoms with Crippen molar-refractivity contribution in [2.75, 3.05) is 6.61 Å². The minimum absolute atomic E-state index is 0.0698. The number of aliphatic hydroxyl groups excluding tert-OH is 2. The van der Waals surface area contributed by atoms with Crippen LogP contribution in [0.25, 0.3) is 0 Å². The molecule has 2 atom stereocenters. The van der Waals surface area contributed by atoms with Gasteiger partial charge in [0.1, 0.15) is 0 Å². The van der Waals surface area contributed by atoms with Crippen LogP contribution >= 0.6 is 0 Å². The van der Waals surface area contributed by atoms with Crippen LogP contribution in [0.1, 0.15) is 24.5 Å². The first-order valence-electron chi connectivity index (χ1n) is 8.94. The molecule has 0 heterocycles. The predicted octanol–water partition coefficient (Wildman–Crippen LogP) is 2.42. The number of ether oxygens (including phenoxy) is 3. The molecular formula is C21H26O6. The van der Waals surface area contributed by atoms with Gasteiger partial charge in [-0.1, -0.05) is 60.7 Å². The van der Waals surface area contributed by atoms with E-state index in [1.165, 1.54) is 0 Å². The minimum Gasteiger partial charge on any atom is -0.464 e. The van der Waals surface area contributed by atoms with Gasteiger partial charge in [-0.3, -0.25) is 0 Å². The van der Waals surface area contributed by atoms with Crippen LogP contribution in [0, 0.1) is 0 Å². The van der Waals surface area contributed by atoms with E-state index in [4.69, 9.17) is 14.2 Å². The largest absolute Gasteiger partial charge is 0.464 e. The topological polar surface area (TPSA) is 85.2 Å². The van der Waals surface area contributed by atoms with Crippen LogP contribution in [0.4, 0.5) is 0 Å². The molecule has 0 radical (unpaired) electrons. The van der Waals surface area contributed by atoms with Gasteiger partial charge < -0.3 is 24.4 Å². The van der Waals surface area contributed by atoms with Gasteiger partial charge in [-0.2, -0.15) is 0 Å². The molecule has 6 heteroatoms. The first-order chi connectivity index (χ1) is 13.1. The summed E-state index contributed by atoms with van der Waals surface area (Å²) in [7, 11) is 0. The molecule has 27 heavy (non-hydrogen) atoms. The average Bonchev–Trinajstić information content (AvgIpc) is 2.71. The molecule has 2 N–H and O–H groups in total. The molecule has 0 aromatic heterocycles. The van der Waals surface area contributed by atoms with Crippen LogP contribution < -0.4 is 0 Å². The fraction of sp³-hybridized carbons (Fsp3) is 0.381. The van der Waals surface area contributed by atoms with E-state index in [1.54, 1.807) is 6.92 Å². The van der Waals surface area contributed by atoms with Crippen molar-refractivity contribution in [1.29, 1.82) is 0 Å². The first kappa shape index (κ1) is 21.1. The summed E-state index contributed by atoms with van der Waals surface area (Å²) in [4.78, 5) is 11.6. The van der Waals surface area contributed by atoms with Crippen LogP contribution in [0.15, 0.2) is 60.7 Å². The Bertz CT molecular complexity index is 617. The van der Waals surface area contributed by atoms with E-state index >= 15 is 0 Å². The van der Waals surface area contributed by atoms with Crippen LogP contribution in [0.3, 0.4) is 0 Å². The highest BCUT2D eigenvalue weighted by atomic mass is 16.7. The fourth-order valence-corrected chi connectivity index (χ4v) is 2.42. The maximum Gasteiger partial charge on any atom is 0.337 e. The van der Waals surface area contributed by atoms with Crippen molar-refractivity contribution < 1.29 is 29.2 Å². The van der Waals surface area contributed by atoms with E-state index in [0.29, 0.717) is 0 Å². The normalized spacial score (nSPS) is 13.3. The Morgan fingerprint density at radius 2 is 1.37 bits per heavy atom. The van der Waals surface area contributed by atoms with Crippen molar-refractivity contribution in [3.8, 4) is 0 Å². The van der Waals surface area contributed by atoms with E-state index in [-0.39, 0.29) is 26.2 Å². The first-order valence-corrected chi connectivity index (χ1v) is 8.94. The van der Waals surface area contributed by atoms with Crippen molar-refractivity contribution in [3.63, 3.8) is 0 Å². The average molecular weight is 374 g/mol. The highest BCUT2D eigenvalue weighted by Gasteiger charge is 2.29. The molecule has 0 aliphatic rings. The molecule has 0 aliphatic heterocycles. The third kappa shape index (κ3) is 7.48. The third-order valence-electron chi connectivity index (χ3n) is 3.88. The fourth-order valence-electron chi connectivity index (χ4n) is 2.42. The highest BCUT2D eigenvalue weighted by molar-refractivity contribution is 5.75. The minimum atomic E-state index is -1.65. The zero-order valence-electron chi connectivity index (χ0n) is 15.4. The van der Waals surface area contributed by atoms with Crippen molar-refractivity contribution in [2.45, 2.75) is 45.1 Å². The molecule has 6 nitrogen and oxygen atoms in total. The number of hydrogen-bond donors (Lipinski definition) is 2. The molecule has 0 fully saturated rings. The maximum atomic E-state index is 11.6. The Morgan fingerprint density at radius 3 is 1.81 bits per heavy atom. The molecule has 2 aromatic rings. The standard InChI is InChI=1S/C21H26O6/c1-2-25-21(24)20(23)18(22)13-19(26-14-16-9-5-3-6-10-16)27-15-17-11-7-4-8-12-17/h3-12,18-20,22-23H,2,13-15H2,1H3/t18-,20+/m1/s1. The molecule has 0 saturated carbocycles. The molecule has 2 rings (SSSR count). The predicted molar refractivity (Wildman–Crippen MR) is 99.5 cm³/mol. The molecule has 2 aromatic carbocycles. The van der Waals surface area contributed by atoms with Crippen molar-refractivity contribution >= 4 is 5.97 Å². The van der Waals surface area contributed by atoms with Gasteiger partial charge in [0.15, 0.2) is 12.4 Å². The number of carbonyl (C=O) groups excluding carboxylic acids is 1. The summed E-state index contributed by atoms with van der Waals surface area (Å²) in [5, 5.41) is 20.1. The van der Waals surface area contributed by atoms with E-state index in [1.807, 2.05) is 60.7 Å². The van der Waals surface area contributed by atoms with Crippen LogP contribution in [-0.4, -0.2) is 41.3 Å². The Labute approximate surface area is 159 Å². The zero-order chi connectivity index (χ0) is 19.5. The summed E-state index contributed by atoms with van der Waals surface area (Å²) in [5.74, 6) is -0.866. The lowest BCUT2D eigenvalue weighted by Crippen LogP contribution is -2.38. The molecule has 0 unspecified atom stereocenters. The molecule has 0 amide bonds. The van der Waals surface area contributed by atoms with Gasteiger partial charge in [-0.05, 0) is 18.1 Å². The van der Waals surface area contributed by atoms with E-state index in [0.717, 1.165) is 11.1 Å². The van der Waals surface area contributed by atoms with Gasteiger partial charge in [-0.15, -0.1) is 0 Å². The summed E-state index contributed by atoms with van der Waals surface area (Å²) in [5.41, 5.74) is 1.90. The number of hydrogen-bond acceptors (Lipinski definition) is 6. The lowest BCUT2D eigenvalue weighted by atomic mass is 10.1. The van der Waals surface area contributed by atoms with Crippen LogP contribution in [0.2, 0.25) is 0 Å². The van der Waals surface area contributed by atoms with Crippen molar-refractivity contribution in [3.05, 3.63) is 71.8 Å². The number of carbonyl (C=O) groups is 1. The second-order valence-electron chi connectivity index (χ2n) is 6.02. The van der Waals surface area contributed by atoms with E-state index < -0.39 is 24.5 Å². The van der Waals surface area contributed by atoms with Crippen molar-refractivity contribution in [2.24, 2.45) is 0 Å². The molecule has 0 aliphatic carbocycles. The number of benzene rings is 2. The quantitative estimate of drug-likeness (QED) is 0.464. The molecule has 0 bridgehead atoms. The van der Waals surface area contributed by atoms with Gasteiger partial charge in [0.05, 0.1) is 25.9 Å². The molecule has 0 spiro atoms. The van der Waals surface area contributed by atoms with Crippen molar-refractivity contribution in [1.82, 2.24) is 0 Å². The highest BCUT2D eigenvalue weighted by Crippen LogP contribution is 2.14. The Hall–Kier alpha value is -2.25. The monoisotopic (exact) mass is 374 g/mol. The van der Waals surface area contributed by atoms with Gasteiger partial charge >= 0.3 is 5.97 Å². The summed E-state index contributed by atoms with van der Waals surface area (Å²) in [6.45, 7) is 2.32. The number of aliphatic hydroxyl groups is 2. The number of esters is 1. The smallest absolute Gasteiger partial charge is 0.337 e. The second kappa shape index (κ2) is 11.5. The van der Waals surface area contributed by atoms with Gasteiger partial charge in [0, 0.05) is 6.42 Å². The Morgan fingerprint density at radius 1 is 0.889 bits per heavy atom. The lowest BCUT2D eigenvalue weighted by molar-refractivity contribution is -0.185. The molecule has 0 saturated heterocycles. The SMILES string of the molecule is CCOC(=O)[C@@H](O)[C@H](O)CC(OCc1ccccc1)OCc1ccccc1. The van der Waals surface area contributed by atoms with Gasteiger partial charge in [0.2, 0.25) is 0 Å². The van der Waals surface area contributed by atoms with Crippen LogP contribution in [0.5, 0.6) is 0 Å². The zero-order valence-corrected chi connectivity index (χ0v) is 15.4. The summed E-state index contributed by atoms with van der Waals surface area (Å²) < 4.78 is 16.3. The number of rotatable bonds is 11. The summed E-state index contributed by atoms with van der Waals surface area (Å²) in [6.07, 6.45) is -3.88. The lowest BCUT2D eigenvalue weighted by Gasteiger charge is -2.23. The summed E-state index contributed by atoms with van der Waals surface area (Å²) >= 11 is 0. The van der Waals surface area contributed by atoms with Gasteiger partial charge in [-0.25, -0.2) is 4.79 Å².